The molecule has 0 amide bonds. The molecule has 0 bridgehead atoms. The largest absolute Gasteiger partial charge is 0.378 e. The molecule has 150 valence electrons. The minimum atomic E-state index is -2.91. The molecule has 11 heteroatoms. The molecule has 0 aliphatic carbocycles. The fraction of sp³-hybridized carbons (Fsp3) is 0.867. The van der Waals surface area contributed by atoms with Crippen LogP contribution < -0.4 is 5.73 Å². The lowest BCUT2D eigenvalue weighted by Crippen LogP contribution is -2.39. The second-order valence-corrected chi connectivity index (χ2v) is 8.23. The standard InChI is InChI=1S/C15H29N5O5S/c16-1-5-23-7-9-25-10-8-24-6-2-20-14-15(17-18-20)13-19-3-11-26(21,22)12-4-19/h14H,1-13,16H2/i14D. The van der Waals surface area contributed by atoms with E-state index in [-0.39, 0.29) is 17.7 Å². The molecule has 1 fully saturated rings. The number of nitrogens with two attached hydrogens (primary N) is 1. The minimum Gasteiger partial charge on any atom is -0.378 e. The van der Waals surface area contributed by atoms with Crippen molar-refractivity contribution in [2.24, 2.45) is 5.73 Å². The molecule has 2 heterocycles. The van der Waals surface area contributed by atoms with Crippen LogP contribution >= 0.6 is 0 Å². The third-order valence-electron chi connectivity index (χ3n) is 3.80. The van der Waals surface area contributed by atoms with Crippen molar-refractivity contribution < 1.29 is 24.0 Å². The van der Waals surface area contributed by atoms with Crippen molar-refractivity contribution in [1.29, 1.82) is 0 Å². The highest BCUT2D eigenvalue weighted by Gasteiger charge is 2.22. The van der Waals surface area contributed by atoms with Gasteiger partial charge in [0.25, 0.3) is 0 Å². The third-order valence-corrected chi connectivity index (χ3v) is 5.40. The molecular weight excluding hydrogens is 362 g/mol. The van der Waals surface area contributed by atoms with Crippen molar-refractivity contribution in [3.8, 4) is 0 Å². The van der Waals surface area contributed by atoms with Gasteiger partial charge in [0.2, 0.25) is 0 Å². The monoisotopic (exact) mass is 392 g/mol. The van der Waals surface area contributed by atoms with E-state index in [0.29, 0.717) is 78.1 Å². The summed E-state index contributed by atoms with van der Waals surface area (Å²) in [6, 6.07) is 0. The fourth-order valence-corrected chi connectivity index (χ4v) is 3.64. The molecule has 1 aromatic rings. The molecule has 26 heavy (non-hydrogen) atoms. The van der Waals surface area contributed by atoms with Gasteiger partial charge in [0.05, 0.1) is 64.8 Å². The predicted molar refractivity (Wildman–Crippen MR) is 95.5 cm³/mol. The number of hydrogen-bond donors (Lipinski definition) is 1. The summed E-state index contributed by atoms with van der Waals surface area (Å²) in [6.45, 7) is 5.20. The van der Waals surface area contributed by atoms with Gasteiger partial charge in [-0.25, -0.2) is 13.1 Å². The molecule has 0 saturated carbocycles. The highest BCUT2D eigenvalue weighted by molar-refractivity contribution is 7.91. The Balaban J connectivity index is 1.59. The Morgan fingerprint density at radius 3 is 2.35 bits per heavy atom. The summed E-state index contributed by atoms with van der Waals surface area (Å²) in [5.74, 6) is 0.313. The van der Waals surface area contributed by atoms with Crippen molar-refractivity contribution in [2.45, 2.75) is 13.1 Å². The molecule has 1 aliphatic rings. The second-order valence-electron chi connectivity index (χ2n) is 5.92. The first kappa shape index (κ1) is 19.6. The molecule has 0 aromatic carbocycles. The number of hydrogen-bond acceptors (Lipinski definition) is 9. The van der Waals surface area contributed by atoms with Crippen LogP contribution in [0.2, 0.25) is 0 Å². The average molecular weight is 393 g/mol. The van der Waals surface area contributed by atoms with Crippen LogP contribution in [0.3, 0.4) is 0 Å². The molecule has 1 saturated heterocycles. The van der Waals surface area contributed by atoms with E-state index in [1.807, 2.05) is 4.90 Å². The number of aromatic nitrogens is 3. The van der Waals surface area contributed by atoms with E-state index in [1.54, 1.807) is 0 Å². The fourth-order valence-electron chi connectivity index (χ4n) is 2.37. The maximum Gasteiger partial charge on any atom is 0.152 e. The Labute approximate surface area is 155 Å². The van der Waals surface area contributed by atoms with Gasteiger partial charge in [-0.05, 0) is 0 Å². The summed E-state index contributed by atoms with van der Waals surface area (Å²) >= 11 is 0. The zero-order chi connectivity index (χ0) is 19.5. The topological polar surface area (TPSA) is 122 Å². The summed E-state index contributed by atoms with van der Waals surface area (Å²) in [7, 11) is -2.91. The van der Waals surface area contributed by atoms with Crippen molar-refractivity contribution in [2.75, 3.05) is 70.8 Å². The first-order valence-corrected chi connectivity index (χ1v) is 10.6. The summed E-state index contributed by atoms with van der Waals surface area (Å²) < 4.78 is 48.5. The van der Waals surface area contributed by atoms with Gasteiger partial charge in [-0.15, -0.1) is 5.10 Å². The van der Waals surface area contributed by atoms with Crippen LogP contribution in [0.1, 0.15) is 7.06 Å². The van der Waals surface area contributed by atoms with Crippen molar-refractivity contribution >= 4 is 9.84 Å². The molecular formula is C15H29N5O5S. The van der Waals surface area contributed by atoms with E-state index in [9.17, 15) is 8.42 Å². The Morgan fingerprint density at radius 2 is 1.69 bits per heavy atom. The first-order valence-electron chi connectivity index (χ1n) is 9.27. The van der Waals surface area contributed by atoms with Crippen LogP contribution in [0.25, 0.3) is 0 Å². The molecule has 0 spiro atoms. The van der Waals surface area contributed by atoms with E-state index in [2.05, 4.69) is 10.3 Å². The van der Waals surface area contributed by atoms with Gasteiger partial charge in [0.15, 0.2) is 9.84 Å². The summed E-state index contributed by atoms with van der Waals surface area (Å²) in [5.41, 5.74) is 5.86. The van der Waals surface area contributed by atoms with Crippen LogP contribution in [0.15, 0.2) is 6.17 Å². The Hall–Kier alpha value is -1.11. The lowest BCUT2D eigenvalue weighted by atomic mass is 10.4. The van der Waals surface area contributed by atoms with Crippen molar-refractivity contribution in [1.82, 2.24) is 19.9 Å². The van der Waals surface area contributed by atoms with E-state index >= 15 is 0 Å². The van der Waals surface area contributed by atoms with Gasteiger partial charge < -0.3 is 19.9 Å². The van der Waals surface area contributed by atoms with Crippen molar-refractivity contribution in [3.63, 3.8) is 0 Å². The maximum absolute atomic E-state index is 11.5. The van der Waals surface area contributed by atoms with Crippen LogP contribution in [0.5, 0.6) is 0 Å². The lowest BCUT2D eigenvalue weighted by molar-refractivity contribution is 0.0141. The van der Waals surface area contributed by atoms with E-state index in [4.69, 9.17) is 21.3 Å². The normalized spacial score (nSPS) is 18.1. The van der Waals surface area contributed by atoms with Crippen LogP contribution in [-0.4, -0.2) is 99.1 Å². The second kappa shape index (κ2) is 11.6. The maximum atomic E-state index is 11.5. The Morgan fingerprint density at radius 1 is 1.08 bits per heavy atom. The van der Waals surface area contributed by atoms with Crippen LogP contribution in [0.4, 0.5) is 0 Å². The van der Waals surface area contributed by atoms with Gasteiger partial charge in [0, 0.05) is 32.4 Å². The van der Waals surface area contributed by atoms with Crippen LogP contribution in [0, 0.1) is 0 Å². The van der Waals surface area contributed by atoms with E-state index in [1.165, 1.54) is 4.68 Å². The SMILES string of the molecule is [2H]c1c(CN2CCS(=O)(=O)CC2)nnn1CCOCCOCCOCCN. The molecule has 0 unspecified atom stereocenters. The van der Waals surface area contributed by atoms with Crippen molar-refractivity contribution in [3.05, 3.63) is 11.9 Å². The van der Waals surface area contributed by atoms with Gasteiger partial charge in [-0.2, -0.15) is 0 Å². The van der Waals surface area contributed by atoms with Gasteiger partial charge in [-0.3, -0.25) is 4.90 Å². The molecule has 2 rings (SSSR count). The number of rotatable bonds is 13. The third kappa shape index (κ3) is 8.52. The number of sulfone groups is 1. The quantitative estimate of drug-likeness (QED) is 0.400. The summed E-state index contributed by atoms with van der Waals surface area (Å²) in [4.78, 5) is 1.98. The summed E-state index contributed by atoms with van der Waals surface area (Å²) in [6.07, 6.45) is 0.236. The lowest BCUT2D eigenvalue weighted by Gasteiger charge is -2.25. The van der Waals surface area contributed by atoms with E-state index < -0.39 is 9.84 Å². The molecule has 2 N–H and O–H groups in total. The molecule has 1 aromatic heterocycles. The minimum absolute atomic E-state index is 0.156. The van der Waals surface area contributed by atoms with Crippen LogP contribution in [-0.2, 0) is 37.1 Å². The Bertz CT molecular complexity index is 643. The highest BCUT2D eigenvalue weighted by atomic mass is 32.2. The number of nitrogens with zero attached hydrogens (tertiary/aromatic N) is 4. The van der Waals surface area contributed by atoms with E-state index in [0.717, 1.165) is 0 Å². The summed E-state index contributed by atoms with van der Waals surface area (Å²) in [5, 5.41) is 8.02. The van der Waals surface area contributed by atoms with Gasteiger partial charge >= 0.3 is 0 Å². The zero-order valence-corrected chi connectivity index (χ0v) is 15.8. The average Bonchev–Trinajstić information content (AvgIpc) is 2.98. The zero-order valence-electron chi connectivity index (χ0n) is 16.0. The molecule has 10 nitrogen and oxygen atoms in total. The predicted octanol–water partition coefficient (Wildman–Crippen LogP) is -1.48. The first-order chi connectivity index (χ1) is 13.0. The molecule has 1 aliphatic heterocycles. The Kier molecular flexibility index (Phi) is 8.74. The smallest absolute Gasteiger partial charge is 0.152 e. The van der Waals surface area contributed by atoms with Gasteiger partial charge in [0.1, 0.15) is 0 Å². The highest BCUT2D eigenvalue weighted by Crippen LogP contribution is 2.07. The van der Waals surface area contributed by atoms with Gasteiger partial charge in [-0.1, -0.05) is 5.21 Å². The molecule has 0 atom stereocenters. The number of ether oxygens (including phenoxy) is 3. The molecule has 0 radical (unpaired) electrons.